The second-order valence-electron chi connectivity index (χ2n) is 15.0. The minimum atomic E-state index is 0.302. The van der Waals surface area contributed by atoms with Crippen LogP contribution in [0.15, 0.2) is 0 Å². The molecule has 0 radical (unpaired) electrons. The van der Waals surface area contributed by atoms with Crippen molar-refractivity contribution >= 4 is 33.8 Å². The van der Waals surface area contributed by atoms with Crippen molar-refractivity contribution in [3.8, 4) is 0 Å². The lowest BCUT2D eigenvalue weighted by atomic mass is 9.91. The first-order valence-corrected chi connectivity index (χ1v) is 21.8. The third-order valence-corrected chi connectivity index (χ3v) is 9.82. The van der Waals surface area contributed by atoms with Crippen LogP contribution < -0.4 is 0 Å². The highest BCUT2D eigenvalue weighted by atomic mass is 31.1. The Labute approximate surface area is 283 Å². The molecule has 0 aromatic rings. The quantitative estimate of drug-likeness (QED) is 0.0744. The van der Waals surface area contributed by atoms with Crippen LogP contribution in [0.2, 0.25) is 0 Å². The van der Waals surface area contributed by atoms with E-state index in [2.05, 4.69) is 83.1 Å². The fraction of sp³-hybridized carbons (Fsp3) is 1.00. The van der Waals surface area contributed by atoms with E-state index >= 15 is 0 Å². The van der Waals surface area contributed by atoms with Gasteiger partial charge in [0.25, 0.3) is 0 Å². The monoisotopic (exact) mass is 696 g/mol. The molecule has 4 unspecified atom stereocenters. The Balaban J connectivity index is -0.000000243. The van der Waals surface area contributed by atoms with Gasteiger partial charge in [0.15, 0.2) is 33.8 Å². The van der Waals surface area contributed by atoms with Crippen molar-refractivity contribution in [3.05, 3.63) is 0 Å². The van der Waals surface area contributed by atoms with Crippen molar-refractivity contribution in [1.29, 1.82) is 0 Å². The predicted molar refractivity (Wildman–Crippen MR) is 201 cm³/mol. The summed E-state index contributed by atoms with van der Waals surface area (Å²) in [5.74, 6) is 6.05. The summed E-state index contributed by atoms with van der Waals surface area (Å²) in [5.41, 5.74) is 0. The van der Waals surface area contributed by atoms with Crippen LogP contribution in [0.1, 0.15) is 160 Å². The molecule has 0 bridgehead atoms. The van der Waals surface area contributed by atoms with Crippen LogP contribution in [0.4, 0.5) is 0 Å². The average molecular weight is 697 g/mol. The van der Waals surface area contributed by atoms with Crippen LogP contribution >= 0.6 is 33.8 Å². The Morgan fingerprint density at radius 2 is 0.773 bits per heavy atom. The van der Waals surface area contributed by atoms with Crippen molar-refractivity contribution in [2.75, 3.05) is 24.6 Å². The van der Waals surface area contributed by atoms with Gasteiger partial charge < -0.3 is 0 Å². The maximum Gasteiger partial charge on any atom is 0.155 e. The molecule has 0 aliphatic rings. The zero-order valence-electron chi connectivity index (χ0n) is 31.4. The van der Waals surface area contributed by atoms with E-state index in [0.29, 0.717) is 45.7 Å². The van der Waals surface area contributed by atoms with Crippen molar-refractivity contribution in [2.45, 2.75) is 160 Å². The smallest absolute Gasteiger partial charge is 0.155 e. The molecule has 0 N–H and O–H groups in total. The molecule has 4 atom stereocenters. The summed E-state index contributed by atoms with van der Waals surface area (Å²) in [6.07, 6.45) is 18.3. The van der Waals surface area contributed by atoms with E-state index in [-0.39, 0.29) is 0 Å². The van der Waals surface area contributed by atoms with E-state index in [0.717, 1.165) is 73.0 Å². The Morgan fingerprint density at radius 1 is 0.341 bits per heavy atom. The van der Waals surface area contributed by atoms with E-state index in [9.17, 15) is 18.3 Å². The Hall–Kier alpha value is 0.400. The molecule has 0 aromatic carbocycles. The van der Waals surface area contributed by atoms with Crippen LogP contribution in [0.3, 0.4) is 0 Å². The molecule has 8 heteroatoms. The van der Waals surface area contributed by atoms with Gasteiger partial charge in [-0.2, -0.15) is 0 Å². The minimum Gasteiger partial charge on any atom is -0.275 e. The van der Waals surface area contributed by atoms with Crippen LogP contribution in [-0.2, 0) is 18.3 Å². The molecule has 0 fully saturated rings. The van der Waals surface area contributed by atoms with Gasteiger partial charge in [-0.15, -0.1) is 0 Å². The molecule has 0 aliphatic carbocycles. The lowest BCUT2D eigenvalue weighted by molar-refractivity contribution is 0.369. The van der Waals surface area contributed by atoms with Gasteiger partial charge in [0.2, 0.25) is 0 Å². The van der Waals surface area contributed by atoms with Crippen molar-refractivity contribution in [3.63, 3.8) is 0 Å². The van der Waals surface area contributed by atoms with E-state index < -0.39 is 0 Å². The Morgan fingerprint density at radius 3 is 1.23 bits per heavy atom. The molecule has 0 rings (SSSR count). The van der Waals surface area contributed by atoms with Crippen LogP contribution in [0.5, 0.6) is 0 Å². The number of hydrogen-bond acceptors (Lipinski definition) is 4. The molecule has 0 aromatic heterocycles. The van der Waals surface area contributed by atoms with Gasteiger partial charge in [0.1, 0.15) is 0 Å². The van der Waals surface area contributed by atoms with Gasteiger partial charge in [-0.05, 0) is 92.3 Å². The Kier molecular flexibility index (Phi) is 46.1. The van der Waals surface area contributed by atoms with E-state index in [1.165, 1.54) is 64.2 Å². The normalized spacial score (nSPS) is 14.2. The van der Waals surface area contributed by atoms with Gasteiger partial charge in [-0.3, -0.25) is 18.3 Å². The third kappa shape index (κ3) is 54.8. The molecule has 0 spiro atoms. The average Bonchev–Trinajstić information content (AvgIpc) is 2.89. The number of rotatable bonds is 24. The molecule has 0 aliphatic heterocycles. The number of unbranched alkanes of at least 4 members (excludes halogenated alkanes) is 2. The molecule has 264 valence electrons. The summed E-state index contributed by atoms with van der Waals surface area (Å²) in [6, 6.07) is 0. The van der Waals surface area contributed by atoms with Crippen molar-refractivity contribution < 1.29 is 18.3 Å². The zero-order valence-corrected chi connectivity index (χ0v) is 34.9. The summed E-state index contributed by atoms with van der Waals surface area (Å²) >= 11 is 0. The summed E-state index contributed by atoms with van der Waals surface area (Å²) in [4.78, 5) is 0. The predicted octanol–water partition coefficient (Wildman–Crippen LogP) is 15.0. The lowest BCUT2D eigenvalue weighted by Gasteiger charge is -2.16. The largest absolute Gasteiger partial charge is 0.275 e. The van der Waals surface area contributed by atoms with Gasteiger partial charge in [-0.25, -0.2) is 0 Å². The lowest BCUT2D eigenvalue weighted by Crippen LogP contribution is -2.06. The second-order valence-corrected chi connectivity index (χ2v) is 17.6. The Bertz CT molecular complexity index is 615. The number of hydrogen-bond donors (Lipinski definition) is 0. The third-order valence-electron chi connectivity index (χ3n) is 7.28. The summed E-state index contributed by atoms with van der Waals surface area (Å²) in [7, 11) is 1.23. The SMILES string of the molecule is CC(C)CC(C)CC(C)CP=O.CC(C)CC(C)CCCP=O.CC(C)CCCC(C)CP=O.CC(C)CCCCCP=O. The van der Waals surface area contributed by atoms with Gasteiger partial charge in [0.05, 0.1) is 0 Å². The summed E-state index contributed by atoms with van der Waals surface area (Å²) in [6.45, 7) is 26.9. The maximum atomic E-state index is 10.3. The summed E-state index contributed by atoms with van der Waals surface area (Å²) < 4.78 is 40.6. The molecule has 44 heavy (non-hydrogen) atoms. The standard InChI is InChI=1S/C10H21OP.2C9H19OP.C8H17OP/c1-8(2)5-9(3)6-10(4)7-12-11;1-8(2)7-9(3)5-4-6-11-10;1-8(2)5-4-6-9(3)7-11-10;1-8(2)6-4-3-5-7-10-9/h8-10H,5-7H2,1-4H3;2*8-9H,4-7H2,1-3H3;8H,3-7H2,1-2H3. The molecular weight excluding hydrogens is 620 g/mol. The maximum absolute atomic E-state index is 10.3. The molecule has 0 saturated carbocycles. The van der Waals surface area contributed by atoms with Gasteiger partial charge in [0, 0.05) is 24.6 Å². The molecule has 0 saturated heterocycles. The van der Waals surface area contributed by atoms with Crippen molar-refractivity contribution in [1.82, 2.24) is 0 Å². The van der Waals surface area contributed by atoms with Gasteiger partial charge in [-0.1, -0.05) is 115 Å². The van der Waals surface area contributed by atoms with Gasteiger partial charge >= 0.3 is 0 Å². The minimum absolute atomic E-state index is 0.302. The highest BCUT2D eigenvalue weighted by molar-refractivity contribution is 7.24. The highest BCUT2D eigenvalue weighted by Crippen LogP contribution is 2.21. The zero-order chi connectivity index (χ0) is 34.8. The van der Waals surface area contributed by atoms with Crippen molar-refractivity contribution in [2.24, 2.45) is 47.3 Å². The highest BCUT2D eigenvalue weighted by Gasteiger charge is 2.10. The molecule has 0 heterocycles. The molecule has 0 amide bonds. The van der Waals surface area contributed by atoms with Crippen LogP contribution in [-0.4, -0.2) is 24.6 Å². The van der Waals surface area contributed by atoms with Crippen LogP contribution in [0, 0.1) is 47.3 Å². The first kappa shape index (κ1) is 51.2. The molecule has 4 nitrogen and oxygen atoms in total. The molecular formula is C36H76O4P4. The van der Waals surface area contributed by atoms with E-state index in [4.69, 9.17) is 0 Å². The second kappa shape index (κ2) is 39.6. The topological polar surface area (TPSA) is 68.3 Å². The first-order chi connectivity index (χ1) is 20.7. The van der Waals surface area contributed by atoms with E-state index in [1.54, 1.807) is 0 Å². The van der Waals surface area contributed by atoms with Crippen LogP contribution in [0.25, 0.3) is 0 Å². The van der Waals surface area contributed by atoms with E-state index in [1.807, 2.05) is 0 Å². The first-order valence-electron chi connectivity index (χ1n) is 17.8. The summed E-state index contributed by atoms with van der Waals surface area (Å²) in [5, 5.41) is 0. The fourth-order valence-electron chi connectivity index (χ4n) is 5.22. The fourth-order valence-corrected chi connectivity index (χ4v) is 6.72.